The fourth-order valence-corrected chi connectivity index (χ4v) is 9.86. The molecule has 1 aliphatic carbocycles. The Morgan fingerprint density at radius 1 is 0.323 bits per heavy atom. The number of benzene rings is 9. The van der Waals surface area contributed by atoms with Gasteiger partial charge in [-0.1, -0.05) is 200 Å². The minimum absolute atomic E-state index is 0.562. The van der Waals surface area contributed by atoms with Crippen LogP contribution in [0.2, 0.25) is 0 Å². The zero-order valence-electron chi connectivity index (χ0n) is 33.7. The Bertz CT molecular complexity index is 3350. The summed E-state index contributed by atoms with van der Waals surface area (Å²) in [7, 11) is 0. The smallest absolute Gasteiger partial charge is 0.164 e. The van der Waals surface area contributed by atoms with Crippen LogP contribution in [0.15, 0.2) is 231 Å². The normalized spacial score (nSPS) is 12.6. The number of hydrogen-bond acceptors (Lipinski definition) is 3. The molecular formula is C58H38N4. The molecule has 0 saturated carbocycles. The fourth-order valence-electron chi connectivity index (χ4n) is 9.86. The molecule has 290 valence electrons. The molecule has 12 rings (SSSR count). The second-order valence-electron chi connectivity index (χ2n) is 15.9. The summed E-state index contributed by atoms with van der Waals surface area (Å²) >= 11 is 0. The van der Waals surface area contributed by atoms with Gasteiger partial charge < -0.3 is 4.57 Å². The molecule has 0 saturated heterocycles. The first kappa shape index (κ1) is 35.7. The van der Waals surface area contributed by atoms with Gasteiger partial charge in [-0.3, -0.25) is 0 Å². The summed E-state index contributed by atoms with van der Waals surface area (Å²) in [6, 6.07) is 82.4. The van der Waals surface area contributed by atoms with E-state index in [1.165, 1.54) is 38.9 Å². The standard InChI is InChI=1S/C58H38N4/c1-5-19-39(20-6-1)42-25-17-28-45(37-42)62-52-36-35-44(58(43-26-11-4-12-27-43)50-32-15-13-29-46(50)47-30-14-16-33-51(47)58)38-49(52)54-48(31-18-34-53(54)62)57-60-55(40-21-7-2-8-22-40)59-56(61-57)41-23-9-3-10-24-41/h1-38H. The van der Waals surface area contributed by atoms with Crippen molar-refractivity contribution >= 4 is 21.8 Å². The summed E-state index contributed by atoms with van der Waals surface area (Å²) in [5.41, 5.74) is 15.4. The van der Waals surface area contributed by atoms with E-state index in [-0.39, 0.29) is 0 Å². The Morgan fingerprint density at radius 3 is 1.45 bits per heavy atom. The fraction of sp³-hybridized carbons (Fsp3) is 0.0172. The number of hydrogen-bond donors (Lipinski definition) is 0. The Hall–Kier alpha value is -8.21. The highest BCUT2D eigenvalue weighted by Gasteiger charge is 2.46. The van der Waals surface area contributed by atoms with E-state index in [9.17, 15) is 0 Å². The van der Waals surface area contributed by atoms with E-state index < -0.39 is 5.41 Å². The minimum atomic E-state index is -0.562. The Labute approximate surface area is 360 Å². The van der Waals surface area contributed by atoms with Gasteiger partial charge in [-0.2, -0.15) is 0 Å². The highest BCUT2D eigenvalue weighted by Crippen LogP contribution is 2.56. The van der Waals surface area contributed by atoms with Crippen molar-refractivity contribution in [2.45, 2.75) is 5.41 Å². The topological polar surface area (TPSA) is 43.6 Å². The van der Waals surface area contributed by atoms with Gasteiger partial charge in [-0.25, -0.2) is 15.0 Å². The second-order valence-corrected chi connectivity index (χ2v) is 15.9. The first-order valence-electron chi connectivity index (χ1n) is 21.1. The molecule has 0 atom stereocenters. The van der Waals surface area contributed by atoms with Gasteiger partial charge in [0.05, 0.1) is 16.4 Å². The van der Waals surface area contributed by atoms with Crippen molar-refractivity contribution in [3.63, 3.8) is 0 Å². The Balaban J connectivity index is 1.19. The van der Waals surface area contributed by atoms with Crippen molar-refractivity contribution in [1.82, 2.24) is 19.5 Å². The van der Waals surface area contributed by atoms with Gasteiger partial charge in [0.1, 0.15) is 0 Å². The van der Waals surface area contributed by atoms with Gasteiger partial charge in [0.25, 0.3) is 0 Å². The molecule has 0 spiro atoms. The minimum Gasteiger partial charge on any atom is -0.309 e. The van der Waals surface area contributed by atoms with Crippen LogP contribution in [0.3, 0.4) is 0 Å². The summed E-state index contributed by atoms with van der Waals surface area (Å²) < 4.78 is 2.41. The summed E-state index contributed by atoms with van der Waals surface area (Å²) in [5.74, 6) is 1.89. The molecule has 0 bridgehead atoms. The van der Waals surface area contributed by atoms with E-state index >= 15 is 0 Å². The lowest BCUT2D eigenvalue weighted by Gasteiger charge is -2.34. The maximum atomic E-state index is 5.28. The average molecular weight is 791 g/mol. The molecule has 0 unspecified atom stereocenters. The van der Waals surface area contributed by atoms with Gasteiger partial charge in [-0.15, -0.1) is 0 Å². The van der Waals surface area contributed by atoms with Crippen LogP contribution in [0.4, 0.5) is 0 Å². The predicted octanol–water partition coefficient (Wildman–Crippen LogP) is 14.0. The van der Waals surface area contributed by atoms with Gasteiger partial charge in [0, 0.05) is 33.2 Å². The molecule has 0 N–H and O–H groups in total. The molecule has 11 aromatic rings. The van der Waals surface area contributed by atoms with Gasteiger partial charge in [0.2, 0.25) is 0 Å². The molecule has 0 radical (unpaired) electrons. The molecule has 0 amide bonds. The van der Waals surface area contributed by atoms with Crippen molar-refractivity contribution in [3.05, 3.63) is 253 Å². The molecule has 4 heteroatoms. The van der Waals surface area contributed by atoms with Gasteiger partial charge >= 0.3 is 0 Å². The van der Waals surface area contributed by atoms with E-state index in [0.29, 0.717) is 17.5 Å². The maximum Gasteiger partial charge on any atom is 0.164 e. The molecule has 4 nitrogen and oxygen atoms in total. The maximum absolute atomic E-state index is 5.28. The van der Waals surface area contributed by atoms with Gasteiger partial charge in [-0.05, 0) is 74.8 Å². The third-order valence-corrected chi connectivity index (χ3v) is 12.5. The predicted molar refractivity (Wildman–Crippen MR) is 253 cm³/mol. The quantitative estimate of drug-likeness (QED) is 0.161. The SMILES string of the molecule is c1ccc(-c2cccc(-n3c4ccc(C5(c6ccccc6)c6ccccc6-c6ccccc65)cc4c4c(-c5nc(-c6ccccc6)nc(-c6ccccc6)n5)cccc43)c2)cc1. The lowest BCUT2D eigenvalue weighted by molar-refractivity contribution is 0.770. The molecule has 2 aromatic heterocycles. The Morgan fingerprint density at radius 2 is 0.823 bits per heavy atom. The van der Waals surface area contributed by atoms with Crippen molar-refractivity contribution in [2.75, 3.05) is 0 Å². The highest BCUT2D eigenvalue weighted by atomic mass is 15.0. The van der Waals surface area contributed by atoms with Crippen LogP contribution in [0.25, 0.3) is 83.9 Å². The van der Waals surface area contributed by atoms with Crippen LogP contribution in [0, 0.1) is 0 Å². The lowest BCUT2D eigenvalue weighted by atomic mass is 9.67. The molecule has 0 aliphatic heterocycles. The van der Waals surface area contributed by atoms with E-state index in [1.807, 2.05) is 36.4 Å². The van der Waals surface area contributed by atoms with E-state index in [4.69, 9.17) is 15.0 Å². The van der Waals surface area contributed by atoms with Crippen LogP contribution in [-0.2, 0) is 5.41 Å². The first-order valence-corrected chi connectivity index (χ1v) is 21.1. The summed E-state index contributed by atoms with van der Waals surface area (Å²) in [5, 5.41) is 2.21. The van der Waals surface area contributed by atoms with Crippen molar-refractivity contribution in [1.29, 1.82) is 0 Å². The Kier molecular flexibility index (Phi) is 8.36. The lowest BCUT2D eigenvalue weighted by Crippen LogP contribution is -2.28. The van der Waals surface area contributed by atoms with Crippen LogP contribution < -0.4 is 0 Å². The zero-order valence-corrected chi connectivity index (χ0v) is 33.7. The van der Waals surface area contributed by atoms with Crippen molar-refractivity contribution < 1.29 is 0 Å². The average Bonchev–Trinajstić information content (AvgIpc) is 3.86. The first-order chi connectivity index (χ1) is 30.8. The van der Waals surface area contributed by atoms with E-state index in [2.05, 4.69) is 199 Å². The monoisotopic (exact) mass is 790 g/mol. The summed E-state index contributed by atoms with van der Waals surface area (Å²) in [4.78, 5) is 15.6. The summed E-state index contributed by atoms with van der Waals surface area (Å²) in [6.07, 6.45) is 0. The third-order valence-electron chi connectivity index (χ3n) is 12.5. The van der Waals surface area contributed by atoms with Crippen molar-refractivity contribution in [2.24, 2.45) is 0 Å². The number of rotatable bonds is 7. The number of aromatic nitrogens is 4. The second kappa shape index (κ2) is 14.5. The van der Waals surface area contributed by atoms with E-state index in [1.54, 1.807) is 0 Å². The van der Waals surface area contributed by atoms with Crippen LogP contribution >= 0.6 is 0 Å². The number of nitrogens with zero attached hydrogens (tertiary/aromatic N) is 4. The molecule has 2 heterocycles. The van der Waals surface area contributed by atoms with Crippen LogP contribution in [-0.4, -0.2) is 19.5 Å². The van der Waals surface area contributed by atoms with Gasteiger partial charge in [0.15, 0.2) is 17.5 Å². The highest BCUT2D eigenvalue weighted by molar-refractivity contribution is 6.15. The molecule has 1 aliphatic rings. The zero-order chi connectivity index (χ0) is 41.0. The molecule has 0 fully saturated rings. The van der Waals surface area contributed by atoms with Crippen molar-refractivity contribution in [3.8, 4) is 62.1 Å². The molecule has 62 heavy (non-hydrogen) atoms. The number of fused-ring (bicyclic) bond motifs is 6. The van der Waals surface area contributed by atoms with Crippen LogP contribution in [0.1, 0.15) is 22.3 Å². The largest absolute Gasteiger partial charge is 0.309 e. The third kappa shape index (κ3) is 5.58. The summed E-state index contributed by atoms with van der Waals surface area (Å²) in [6.45, 7) is 0. The van der Waals surface area contributed by atoms with Crippen LogP contribution in [0.5, 0.6) is 0 Å². The van der Waals surface area contributed by atoms with E-state index in [0.717, 1.165) is 49.7 Å². The molecular weight excluding hydrogens is 753 g/mol. The molecule has 9 aromatic carbocycles.